The van der Waals surface area contributed by atoms with Crippen LogP contribution in [0.4, 0.5) is 5.95 Å². The number of anilines is 1. The van der Waals surface area contributed by atoms with Crippen molar-refractivity contribution in [2.24, 2.45) is 0 Å². The van der Waals surface area contributed by atoms with Gasteiger partial charge in [-0.1, -0.05) is 37.6 Å². The van der Waals surface area contributed by atoms with Crippen LogP contribution in [0.1, 0.15) is 52.1 Å². The standard InChI is InChI=1S/C25H29N3O3/c1-5-6-14-30-19-11-9-10-18(15-19)23-22(24(29)31-16(2)3)17(4)26-25-27-20-12-7-8-13-21(20)28(23)25/h7-13,15-16,23H,5-6,14H2,1-4H3,(H,26,27). The van der Waals surface area contributed by atoms with Crippen molar-refractivity contribution in [3.8, 4) is 5.75 Å². The first kappa shape index (κ1) is 21.0. The van der Waals surface area contributed by atoms with Crippen molar-refractivity contribution < 1.29 is 14.3 Å². The summed E-state index contributed by atoms with van der Waals surface area (Å²) < 4.78 is 13.6. The molecule has 2 aromatic carbocycles. The maximum atomic E-state index is 13.2. The van der Waals surface area contributed by atoms with Crippen molar-refractivity contribution in [1.82, 2.24) is 9.55 Å². The van der Waals surface area contributed by atoms with Gasteiger partial charge in [-0.2, -0.15) is 0 Å². The summed E-state index contributed by atoms with van der Waals surface area (Å²) in [5, 5.41) is 3.31. The van der Waals surface area contributed by atoms with Crippen molar-refractivity contribution in [1.29, 1.82) is 0 Å². The number of nitrogens with zero attached hydrogens (tertiary/aromatic N) is 2. The molecule has 1 unspecified atom stereocenters. The molecule has 0 saturated carbocycles. The summed E-state index contributed by atoms with van der Waals surface area (Å²) in [6, 6.07) is 15.5. The normalized spacial score (nSPS) is 15.7. The lowest BCUT2D eigenvalue weighted by Crippen LogP contribution is -2.30. The molecule has 2 heterocycles. The second kappa shape index (κ2) is 8.84. The maximum absolute atomic E-state index is 13.2. The largest absolute Gasteiger partial charge is 0.494 e. The van der Waals surface area contributed by atoms with Crippen molar-refractivity contribution in [2.45, 2.75) is 52.7 Å². The van der Waals surface area contributed by atoms with E-state index in [-0.39, 0.29) is 18.1 Å². The van der Waals surface area contributed by atoms with Crippen LogP contribution in [0.15, 0.2) is 59.8 Å². The zero-order chi connectivity index (χ0) is 22.0. The number of hydrogen-bond acceptors (Lipinski definition) is 5. The molecular formula is C25H29N3O3. The molecule has 162 valence electrons. The molecule has 0 radical (unpaired) electrons. The second-order valence-electron chi connectivity index (χ2n) is 8.09. The zero-order valence-corrected chi connectivity index (χ0v) is 18.5. The van der Waals surface area contributed by atoms with Gasteiger partial charge in [0.15, 0.2) is 0 Å². The molecule has 4 rings (SSSR count). The van der Waals surface area contributed by atoms with Crippen molar-refractivity contribution in [3.05, 3.63) is 65.4 Å². The zero-order valence-electron chi connectivity index (χ0n) is 18.5. The van der Waals surface area contributed by atoms with Gasteiger partial charge in [-0.05, 0) is 57.0 Å². The van der Waals surface area contributed by atoms with E-state index < -0.39 is 0 Å². The number of ether oxygens (including phenoxy) is 2. The van der Waals surface area contributed by atoms with E-state index in [9.17, 15) is 4.79 Å². The van der Waals surface area contributed by atoms with E-state index in [0.29, 0.717) is 18.1 Å². The van der Waals surface area contributed by atoms with Crippen molar-refractivity contribution in [2.75, 3.05) is 11.9 Å². The number of imidazole rings is 1. The number of allylic oxidation sites excluding steroid dienone is 1. The molecule has 31 heavy (non-hydrogen) atoms. The van der Waals surface area contributed by atoms with E-state index in [0.717, 1.165) is 40.9 Å². The van der Waals surface area contributed by atoms with Crippen LogP contribution in [0.2, 0.25) is 0 Å². The first-order valence-corrected chi connectivity index (χ1v) is 10.9. The smallest absolute Gasteiger partial charge is 0.338 e. The Balaban J connectivity index is 1.85. The lowest BCUT2D eigenvalue weighted by molar-refractivity contribution is -0.143. The monoisotopic (exact) mass is 419 g/mol. The first-order valence-electron chi connectivity index (χ1n) is 10.9. The molecule has 0 amide bonds. The molecule has 0 spiro atoms. The highest BCUT2D eigenvalue weighted by Crippen LogP contribution is 2.40. The van der Waals surface area contributed by atoms with Crippen molar-refractivity contribution >= 4 is 23.0 Å². The van der Waals surface area contributed by atoms with Crippen LogP contribution < -0.4 is 10.1 Å². The summed E-state index contributed by atoms with van der Waals surface area (Å²) in [5.41, 5.74) is 4.10. The Kier molecular flexibility index (Phi) is 5.98. The number of para-hydroxylation sites is 2. The number of unbranched alkanes of at least 4 members (excludes halogenated alkanes) is 1. The molecule has 0 saturated heterocycles. The molecule has 1 aliphatic rings. The second-order valence-corrected chi connectivity index (χ2v) is 8.09. The minimum absolute atomic E-state index is 0.210. The summed E-state index contributed by atoms with van der Waals surface area (Å²) in [4.78, 5) is 17.9. The fraction of sp³-hybridized carbons (Fsp3) is 0.360. The highest BCUT2D eigenvalue weighted by Gasteiger charge is 2.35. The Bertz CT molecular complexity index is 1130. The van der Waals surface area contributed by atoms with Crippen molar-refractivity contribution in [3.63, 3.8) is 0 Å². The van der Waals surface area contributed by atoms with Gasteiger partial charge >= 0.3 is 5.97 Å². The average Bonchev–Trinajstić information content (AvgIpc) is 3.10. The van der Waals surface area contributed by atoms with E-state index in [2.05, 4.69) is 16.8 Å². The van der Waals surface area contributed by atoms with Crippen LogP contribution in [-0.2, 0) is 9.53 Å². The van der Waals surface area contributed by atoms with Crippen LogP contribution in [0.5, 0.6) is 5.75 Å². The summed E-state index contributed by atoms with van der Waals surface area (Å²) in [6.07, 6.45) is 1.86. The third kappa shape index (κ3) is 4.15. The molecule has 6 nitrogen and oxygen atoms in total. The van der Waals surface area contributed by atoms with Gasteiger partial charge in [-0.3, -0.25) is 4.57 Å². The predicted octanol–water partition coefficient (Wildman–Crippen LogP) is 5.46. The molecule has 1 aromatic heterocycles. The molecule has 0 bridgehead atoms. The number of carbonyl (C=O) groups is 1. The average molecular weight is 420 g/mol. The van der Waals surface area contributed by atoms with Gasteiger partial charge in [-0.15, -0.1) is 0 Å². The summed E-state index contributed by atoms with van der Waals surface area (Å²) in [5.74, 6) is 1.18. The summed E-state index contributed by atoms with van der Waals surface area (Å²) in [6.45, 7) is 8.43. The van der Waals surface area contributed by atoms with Gasteiger partial charge in [0, 0.05) is 5.70 Å². The van der Waals surface area contributed by atoms with E-state index in [4.69, 9.17) is 14.5 Å². The molecule has 1 aliphatic heterocycles. The van der Waals surface area contributed by atoms with E-state index in [1.54, 1.807) is 0 Å². The Morgan fingerprint density at radius 3 is 2.77 bits per heavy atom. The van der Waals surface area contributed by atoms with Gasteiger partial charge in [0.2, 0.25) is 5.95 Å². The number of rotatable bonds is 7. The van der Waals surface area contributed by atoms with E-state index in [1.807, 2.05) is 69.3 Å². The fourth-order valence-electron chi connectivity index (χ4n) is 3.93. The molecule has 0 fully saturated rings. The third-order valence-corrected chi connectivity index (χ3v) is 5.33. The number of benzene rings is 2. The van der Waals surface area contributed by atoms with Crippen LogP contribution in [0.3, 0.4) is 0 Å². The van der Waals surface area contributed by atoms with Gasteiger partial charge in [0.1, 0.15) is 5.75 Å². The Labute approximate surface area is 182 Å². The maximum Gasteiger partial charge on any atom is 0.338 e. The summed E-state index contributed by atoms with van der Waals surface area (Å²) in [7, 11) is 0. The Morgan fingerprint density at radius 2 is 2.00 bits per heavy atom. The molecule has 6 heteroatoms. The highest BCUT2D eigenvalue weighted by atomic mass is 16.5. The number of fused-ring (bicyclic) bond motifs is 3. The summed E-state index contributed by atoms with van der Waals surface area (Å²) >= 11 is 0. The van der Waals surface area contributed by atoms with Gasteiger partial charge < -0.3 is 14.8 Å². The topological polar surface area (TPSA) is 65.4 Å². The Hall–Kier alpha value is -3.28. The molecule has 0 aliphatic carbocycles. The number of hydrogen-bond donors (Lipinski definition) is 1. The first-order chi connectivity index (χ1) is 15.0. The lowest BCUT2D eigenvalue weighted by Gasteiger charge is -2.30. The molecule has 1 N–H and O–H groups in total. The molecule has 1 atom stereocenters. The van der Waals surface area contributed by atoms with Gasteiger partial charge in [-0.25, -0.2) is 9.78 Å². The minimum atomic E-state index is -0.371. The van der Waals surface area contributed by atoms with Crippen LogP contribution >= 0.6 is 0 Å². The van der Waals surface area contributed by atoms with Crippen LogP contribution in [0.25, 0.3) is 11.0 Å². The number of esters is 1. The lowest BCUT2D eigenvalue weighted by atomic mass is 9.95. The number of aromatic nitrogens is 2. The van der Waals surface area contributed by atoms with Crippen LogP contribution in [-0.4, -0.2) is 28.2 Å². The van der Waals surface area contributed by atoms with Crippen LogP contribution in [0, 0.1) is 0 Å². The predicted molar refractivity (Wildman–Crippen MR) is 122 cm³/mol. The van der Waals surface area contributed by atoms with E-state index >= 15 is 0 Å². The number of carbonyl (C=O) groups excluding carboxylic acids is 1. The third-order valence-electron chi connectivity index (χ3n) is 5.33. The van der Waals surface area contributed by atoms with E-state index in [1.165, 1.54) is 0 Å². The molecule has 3 aromatic rings. The Morgan fingerprint density at radius 1 is 1.19 bits per heavy atom. The highest BCUT2D eigenvalue weighted by molar-refractivity contribution is 5.94. The number of nitrogens with one attached hydrogen (secondary N) is 1. The quantitative estimate of drug-likeness (QED) is 0.407. The van der Waals surface area contributed by atoms with Gasteiger partial charge in [0.25, 0.3) is 0 Å². The molecular weight excluding hydrogens is 390 g/mol. The van der Waals surface area contributed by atoms with Gasteiger partial charge in [0.05, 0.1) is 35.4 Å². The SMILES string of the molecule is CCCCOc1cccc(C2C(C(=O)OC(C)C)=C(C)Nc3nc4ccccc4n32)c1. The minimum Gasteiger partial charge on any atom is -0.494 e. The fourth-order valence-corrected chi connectivity index (χ4v) is 3.93.